The Kier molecular flexibility index (Phi) is 5.53. The van der Waals surface area contributed by atoms with Crippen LogP contribution in [0, 0.1) is 20.8 Å². The minimum absolute atomic E-state index is 0.280. The van der Waals surface area contributed by atoms with Crippen molar-refractivity contribution >= 4 is 10.0 Å². The van der Waals surface area contributed by atoms with E-state index in [1.165, 1.54) is 4.31 Å². The van der Waals surface area contributed by atoms with Crippen LogP contribution in [0.4, 0.5) is 0 Å². The van der Waals surface area contributed by atoms with Crippen molar-refractivity contribution in [1.29, 1.82) is 0 Å². The number of nitrogens with zero attached hydrogens (tertiary/aromatic N) is 2. The van der Waals surface area contributed by atoms with Crippen molar-refractivity contribution in [2.24, 2.45) is 0 Å². The predicted molar refractivity (Wildman–Crippen MR) is 117 cm³/mol. The Bertz CT molecular complexity index is 1250. The fourth-order valence-electron chi connectivity index (χ4n) is 3.91. The molecule has 0 bridgehead atoms. The van der Waals surface area contributed by atoms with Gasteiger partial charge in [-0.05, 0) is 62.1 Å². The van der Waals surface area contributed by atoms with Crippen LogP contribution in [0.1, 0.15) is 27.9 Å². The van der Waals surface area contributed by atoms with Gasteiger partial charge in [0.25, 0.3) is 0 Å². The average Bonchev–Trinajstić information content (AvgIpc) is 3.10. The van der Waals surface area contributed by atoms with Crippen molar-refractivity contribution in [3.05, 3.63) is 58.3 Å². The summed E-state index contributed by atoms with van der Waals surface area (Å²) < 4.78 is 44.9. The zero-order chi connectivity index (χ0) is 22.3. The molecule has 3 aromatic rings. The van der Waals surface area contributed by atoms with Crippen LogP contribution in [0.3, 0.4) is 0 Å². The molecule has 7 nitrogen and oxygen atoms in total. The number of fused-ring (bicyclic) bond motifs is 1. The Balaban J connectivity index is 1.71. The summed E-state index contributed by atoms with van der Waals surface area (Å²) >= 11 is 0. The highest BCUT2D eigenvalue weighted by Gasteiger charge is 2.31. The minimum Gasteiger partial charge on any atom is -0.493 e. The number of aromatic nitrogens is 1. The highest BCUT2D eigenvalue weighted by atomic mass is 32.2. The highest BCUT2D eigenvalue weighted by Crippen LogP contribution is 2.36. The molecule has 0 amide bonds. The Morgan fingerprint density at radius 1 is 1.00 bits per heavy atom. The number of ether oxygens (including phenoxy) is 2. The molecule has 0 atom stereocenters. The van der Waals surface area contributed by atoms with Crippen molar-refractivity contribution in [3.8, 4) is 22.8 Å². The quantitative estimate of drug-likeness (QED) is 0.593. The fourth-order valence-corrected chi connectivity index (χ4v) is 5.58. The van der Waals surface area contributed by atoms with E-state index in [1.807, 2.05) is 38.1 Å². The minimum atomic E-state index is -3.71. The second-order valence-corrected chi connectivity index (χ2v) is 9.67. The van der Waals surface area contributed by atoms with Gasteiger partial charge in [-0.25, -0.2) is 8.42 Å². The standard InChI is InChI=1S/C23H26N2O5S/c1-14-6-7-18(23-15(2)16(3)24-30-23)12-22(14)31(26,27)25-9-8-17-10-20(28-4)21(29-5)11-19(17)13-25/h6-7,10-12H,8-9,13H2,1-5H3. The molecule has 2 heterocycles. The smallest absolute Gasteiger partial charge is 0.243 e. The van der Waals surface area contributed by atoms with E-state index in [9.17, 15) is 8.42 Å². The Morgan fingerprint density at radius 2 is 1.68 bits per heavy atom. The summed E-state index contributed by atoms with van der Waals surface area (Å²) in [5, 5.41) is 4.00. The van der Waals surface area contributed by atoms with Gasteiger partial charge in [0.1, 0.15) is 0 Å². The molecular formula is C23H26N2O5S. The number of benzene rings is 2. The third-order valence-electron chi connectivity index (χ3n) is 5.91. The van der Waals surface area contributed by atoms with Gasteiger partial charge in [-0.1, -0.05) is 17.3 Å². The van der Waals surface area contributed by atoms with Gasteiger partial charge in [0, 0.05) is 24.2 Å². The molecular weight excluding hydrogens is 416 g/mol. The second-order valence-electron chi connectivity index (χ2n) is 7.77. The largest absolute Gasteiger partial charge is 0.493 e. The lowest BCUT2D eigenvalue weighted by molar-refractivity contribution is 0.348. The lowest BCUT2D eigenvalue weighted by atomic mass is 10.0. The van der Waals surface area contributed by atoms with Gasteiger partial charge < -0.3 is 14.0 Å². The molecule has 0 unspecified atom stereocenters. The third-order valence-corrected chi connectivity index (χ3v) is 7.90. The molecule has 0 saturated heterocycles. The molecule has 0 radical (unpaired) electrons. The molecule has 0 aliphatic carbocycles. The van der Waals surface area contributed by atoms with E-state index in [1.54, 1.807) is 27.2 Å². The Hall–Kier alpha value is -2.84. The molecule has 0 saturated carbocycles. The van der Waals surface area contributed by atoms with Crippen LogP contribution in [0.5, 0.6) is 11.5 Å². The molecule has 1 aliphatic heterocycles. The molecule has 4 rings (SSSR count). The maximum Gasteiger partial charge on any atom is 0.243 e. The lowest BCUT2D eigenvalue weighted by Gasteiger charge is -2.29. The summed E-state index contributed by atoms with van der Waals surface area (Å²) in [6.45, 7) is 6.26. The number of hydrogen-bond acceptors (Lipinski definition) is 6. The van der Waals surface area contributed by atoms with Crippen molar-refractivity contribution < 1.29 is 22.4 Å². The first-order chi connectivity index (χ1) is 14.8. The van der Waals surface area contributed by atoms with Gasteiger partial charge in [-0.3, -0.25) is 0 Å². The number of aryl methyl sites for hydroxylation is 2. The lowest BCUT2D eigenvalue weighted by Crippen LogP contribution is -2.36. The van der Waals surface area contributed by atoms with E-state index in [4.69, 9.17) is 14.0 Å². The van der Waals surface area contributed by atoms with Crippen molar-refractivity contribution in [1.82, 2.24) is 9.46 Å². The summed E-state index contributed by atoms with van der Waals surface area (Å²) in [5.74, 6) is 1.84. The van der Waals surface area contributed by atoms with Gasteiger partial charge in [0.05, 0.1) is 24.8 Å². The van der Waals surface area contributed by atoms with Gasteiger partial charge >= 0.3 is 0 Å². The number of rotatable bonds is 5. The summed E-state index contributed by atoms with van der Waals surface area (Å²) in [6, 6.07) is 9.15. The van der Waals surface area contributed by atoms with E-state index in [-0.39, 0.29) is 11.4 Å². The van der Waals surface area contributed by atoms with E-state index in [2.05, 4.69) is 5.16 Å². The monoisotopic (exact) mass is 442 g/mol. The predicted octanol–water partition coefficient (Wildman–Crippen LogP) is 4.03. The molecule has 0 spiro atoms. The third kappa shape index (κ3) is 3.70. The van der Waals surface area contributed by atoms with Crippen LogP contribution in [-0.4, -0.2) is 38.6 Å². The number of methoxy groups -OCH3 is 2. The fraction of sp³-hybridized carbons (Fsp3) is 0.348. The van der Waals surface area contributed by atoms with Crippen molar-refractivity contribution in [3.63, 3.8) is 0 Å². The highest BCUT2D eigenvalue weighted by molar-refractivity contribution is 7.89. The molecule has 0 N–H and O–H groups in total. The topological polar surface area (TPSA) is 81.9 Å². The van der Waals surface area contributed by atoms with Crippen LogP contribution < -0.4 is 9.47 Å². The first-order valence-electron chi connectivity index (χ1n) is 10.0. The van der Waals surface area contributed by atoms with E-state index in [0.29, 0.717) is 41.4 Å². The summed E-state index contributed by atoms with van der Waals surface area (Å²) in [7, 11) is -0.540. The molecule has 0 fully saturated rings. The molecule has 8 heteroatoms. The average molecular weight is 443 g/mol. The maximum atomic E-state index is 13.6. The van der Waals surface area contributed by atoms with Crippen LogP contribution in [-0.2, 0) is 23.0 Å². The second kappa shape index (κ2) is 8.01. The Labute approximate surface area is 182 Å². The van der Waals surface area contributed by atoms with E-state index in [0.717, 1.165) is 22.4 Å². The number of sulfonamides is 1. The molecule has 31 heavy (non-hydrogen) atoms. The van der Waals surface area contributed by atoms with Crippen molar-refractivity contribution in [2.75, 3.05) is 20.8 Å². The molecule has 1 aromatic heterocycles. The van der Waals surface area contributed by atoms with Gasteiger partial charge in [0.15, 0.2) is 17.3 Å². The maximum absolute atomic E-state index is 13.6. The first-order valence-corrected chi connectivity index (χ1v) is 11.5. The van der Waals surface area contributed by atoms with Crippen LogP contribution >= 0.6 is 0 Å². The first kappa shape index (κ1) is 21.4. The van der Waals surface area contributed by atoms with Gasteiger partial charge in [-0.15, -0.1) is 0 Å². The zero-order valence-corrected chi connectivity index (χ0v) is 19.2. The van der Waals surface area contributed by atoms with Crippen LogP contribution in [0.15, 0.2) is 39.8 Å². The molecule has 1 aliphatic rings. The van der Waals surface area contributed by atoms with Gasteiger partial charge in [0.2, 0.25) is 10.0 Å². The number of hydrogen-bond donors (Lipinski definition) is 0. The summed E-state index contributed by atoms with van der Waals surface area (Å²) in [4.78, 5) is 0.280. The zero-order valence-electron chi connectivity index (χ0n) is 18.4. The van der Waals surface area contributed by atoms with Crippen LogP contribution in [0.25, 0.3) is 11.3 Å². The molecule has 164 valence electrons. The summed E-state index contributed by atoms with van der Waals surface area (Å²) in [5.41, 5.74) is 5.07. The SMILES string of the molecule is COc1cc2c(cc1OC)CN(S(=O)(=O)c1cc(-c3onc(C)c3C)ccc1C)CC2. The van der Waals surface area contributed by atoms with Gasteiger partial charge in [-0.2, -0.15) is 4.31 Å². The Morgan fingerprint density at radius 3 is 2.29 bits per heavy atom. The normalized spacial score (nSPS) is 14.4. The van der Waals surface area contributed by atoms with Crippen LogP contribution in [0.2, 0.25) is 0 Å². The van der Waals surface area contributed by atoms with E-state index >= 15 is 0 Å². The van der Waals surface area contributed by atoms with E-state index < -0.39 is 10.0 Å². The molecule has 2 aromatic carbocycles. The summed E-state index contributed by atoms with van der Waals surface area (Å²) in [6.07, 6.45) is 0.605. The van der Waals surface area contributed by atoms with Crippen molar-refractivity contribution in [2.45, 2.75) is 38.6 Å².